The zero-order valence-electron chi connectivity index (χ0n) is 11.1. The van der Waals surface area contributed by atoms with Crippen molar-refractivity contribution in [3.05, 3.63) is 24.3 Å². The SMILES string of the molecule is O=C(CSc1nc2ccccc2[nH]1)NC[C@H]1CCCO1. The van der Waals surface area contributed by atoms with Crippen LogP contribution in [0.2, 0.25) is 0 Å². The van der Waals surface area contributed by atoms with E-state index in [0.717, 1.165) is 35.6 Å². The van der Waals surface area contributed by atoms with Crippen molar-refractivity contribution < 1.29 is 9.53 Å². The van der Waals surface area contributed by atoms with Crippen molar-refractivity contribution in [2.75, 3.05) is 18.9 Å². The Balaban J connectivity index is 1.47. The number of rotatable bonds is 5. The Morgan fingerprint density at radius 2 is 2.40 bits per heavy atom. The van der Waals surface area contributed by atoms with Crippen molar-refractivity contribution in [2.24, 2.45) is 0 Å². The molecule has 1 atom stereocenters. The minimum absolute atomic E-state index is 0.0194. The Morgan fingerprint density at radius 1 is 1.50 bits per heavy atom. The third-order valence-corrected chi connectivity index (χ3v) is 4.13. The third-order valence-electron chi connectivity index (χ3n) is 3.26. The fourth-order valence-corrected chi connectivity index (χ4v) is 2.93. The second-order valence-corrected chi connectivity index (χ2v) is 5.75. The van der Waals surface area contributed by atoms with E-state index in [-0.39, 0.29) is 12.0 Å². The summed E-state index contributed by atoms with van der Waals surface area (Å²) in [6.07, 6.45) is 2.32. The Labute approximate surface area is 121 Å². The molecule has 0 spiro atoms. The van der Waals surface area contributed by atoms with Crippen molar-refractivity contribution in [2.45, 2.75) is 24.1 Å². The lowest BCUT2D eigenvalue weighted by atomic mass is 10.2. The number of aromatic nitrogens is 2. The molecule has 1 saturated heterocycles. The molecule has 0 saturated carbocycles. The molecule has 0 aliphatic carbocycles. The molecule has 1 amide bonds. The van der Waals surface area contributed by atoms with E-state index < -0.39 is 0 Å². The van der Waals surface area contributed by atoms with Crippen LogP contribution in [0.3, 0.4) is 0 Å². The summed E-state index contributed by atoms with van der Waals surface area (Å²) in [4.78, 5) is 19.4. The molecule has 1 aromatic heterocycles. The van der Waals surface area contributed by atoms with Crippen LogP contribution >= 0.6 is 11.8 Å². The average molecular weight is 291 g/mol. The molecule has 1 fully saturated rings. The van der Waals surface area contributed by atoms with E-state index in [4.69, 9.17) is 4.74 Å². The van der Waals surface area contributed by atoms with Crippen molar-refractivity contribution in [1.29, 1.82) is 0 Å². The molecule has 0 radical (unpaired) electrons. The molecule has 20 heavy (non-hydrogen) atoms. The molecule has 6 heteroatoms. The van der Waals surface area contributed by atoms with Crippen LogP contribution in [0, 0.1) is 0 Å². The molecule has 0 unspecified atom stereocenters. The predicted octanol–water partition coefficient (Wildman–Crippen LogP) is 1.95. The van der Waals surface area contributed by atoms with E-state index in [2.05, 4.69) is 15.3 Å². The van der Waals surface area contributed by atoms with E-state index in [1.165, 1.54) is 11.8 Å². The third kappa shape index (κ3) is 3.32. The van der Waals surface area contributed by atoms with Crippen molar-refractivity contribution in [1.82, 2.24) is 15.3 Å². The molecule has 3 rings (SSSR count). The van der Waals surface area contributed by atoms with Gasteiger partial charge in [0.05, 0.1) is 22.9 Å². The van der Waals surface area contributed by atoms with Gasteiger partial charge in [-0.15, -0.1) is 0 Å². The maximum Gasteiger partial charge on any atom is 0.230 e. The minimum Gasteiger partial charge on any atom is -0.376 e. The predicted molar refractivity (Wildman–Crippen MR) is 78.8 cm³/mol. The summed E-state index contributed by atoms with van der Waals surface area (Å²) in [5.74, 6) is 0.387. The lowest BCUT2D eigenvalue weighted by molar-refractivity contribution is -0.119. The number of carbonyl (C=O) groups excluding carboxylic acids is 1. The summed E-state index contributed by atoms with van der Waals surface area (Å²) in [7, 11) is 0. The maximum atomic E-state index is 11.8. The van der Waals surface area contributed by atoms with Crippen LogP contribution in [0.15, 0.2) is 29.4 Å². The number of nitrogens with one attached hydrogen (secondary N) is 2. The van der Waals surface area contributed by atoms with Gasteiger partial charge in [-0.3, -0.25) is 4.79 Å². The normalized spacial score (nSPS) is 18.5. The van der Waals surface area contributed by atoms with Crippen LogP contribution in [0.5, 0.6) is 0 Å². The van der Waals surface area contributed by atoms with Gasteiger partial charge in [-0.05, 0) is 25.0 Å². The number of hydrogen-bond donors (Lipinski definition) is 2. The Kier molecular flexibility index (Phi) is 4.22. The van der Waals surface area contributed by atoms with Gasteiger partial charge in [0.2, 0.25) is 5.91 Å². The smallest absolute Gasteiger partial charge is 0.230 e. The molecule has 2 aromatic rings. The number of hydrogen-bond acceptors (Lipinski definition) is 4. The first-order valence-electron chi connectivity index (χ1n) is 6.77. The van der Waals surface area contributed by atoms with Gasteiger partial charge >= 0.3 is 0 Å². The highest BCUT2D eigenvalue weighted by atomic mass is 32.2. The standard InChI is InChI=1S/C14H17N3O2S/c18-13(15-8-10-4-3-7-19-10)9-20-14-16-11-5-1-2-6-12(11)17-14/h1-2,5-6,10H,3-4,7-9H2,(H,15,18)(H,16,17)/t10-/m1/s1. The quantitative estimate of drug-likeness (QED) is 0.826. The number of amides is 1. The van der Waals surface area contributed by atoms with Gasteiger partial charge in [-0.2, -0.15) is 0 Å². The summed E-state index contributed by atoms with van der Waals surface area (Å²) >= 11 is 1.42. The van der Waals surface area contributed by atoms with Gasteiger partial charge in [0, 0.05) is 13.2 Å². The fraction of sp³-hybridized carbons (Fsp3) is 0.429. The van der Waals surface area contributed by atoms with Crippen LogP contribution in [0.25, 0.3) is 11.0 Å². The van der Waals surface area contributed by atoms with E-state index in [1.54, 1.807) is 0 Å². The number of ether oxygens (including phenoxy) is 1. The number of H-pyrrole nitrogens is 1. The molecule has 1 aliphatic heterocycles. The number of aromatic amines is 1. The number of carbonyl (C=O) groups is 1. The maximum absolute atomic E-state index is 11.8. The first-order chi connectivity index (χ1) is 9.81. The zero-order valence-corrected chi connectivity index (χ0v) is 11.9. The van der Waals surface area contributed by atoms with Gasteiger partial charge in [-0.1, -0.05) is 23.9 Å². The number of fused-ring (bicyclic) bond motifs is 1. The van der Waals surface area contributed by atoms with Crippen molar-refractivity contribution in [3.63, 3.8) is 0 Å². The average Bonchev–Trinajstić information content (AvgIpc) is 3.11. The van der Waals surface area contributed by atoms with Crippen LogP contribution in [0.1, 0.15) is 12.8 Å². The fourth-order valence-electron chi connectivity index (χ4n) is 2.22. The molecular formula is C14H17N3O2S. The van der Waals surface area contributed by atoms with Crippen LogP contribution < -0.4 is 5.32 Å². The molecule has 1 aliphatic rings. The largest absolute Gasteiger partial charge is 0.376 e. The number of para-hydroxylation sites is 2. The highest BCUT2D eigenvalue weighted by Gasteiger charge is 2.16. The number of imidazole rings is 1. The van der Waals surface area contributed by atoms with E-state index >= 15 is 0 Å². The van der Waals surface area contributed by atoms with Crippen LogP contribution in [-0.2, 0) is 9.53 Å². The molecule has 2 heterocycles. The monoisotopic (exact) mass is 291 g/mol. The lowest BCUT2D eigenvalue weighted by Crippen LogP contribution is -2.32. The molecular weight excluding hydrogens is 274 g/mol. The Morgan fingerprint density at radius 3 is 3.20 bits per heavy atom. The Hall–Kier alpha value is -1.53. The Bertz CT molecular complexity index is 560. The molecule has 0 bridgehead atoms. The second kappa shape index (κ2) is 6.28. The number of nitrogens with zero attached hydrogens (tertiary/aromatic N) is 1. The lowest BCUT2D eigenvalue weighted by Gasteiger charge is -2.10. The first kappa shape index (κ1) is 13.5. The summed E-state index contributed by atoms with van der Waals surface area (Å²) in [6, 6.07) is 7.84. The van der Waals surface area contributed by atoms with E-state index in [9.17, 15) is 4.79 Å². The number of thioether (sulfide) groups is 1. The molecule has 2 N–H and O–H groups in total. The van der Waals surface area contributed by atoms with Crippen molar-refractivity contribution in [3.8, 4) is 0 Å². The summed E-state index contributed by atoms with van der Waals surface area (Å²) in [5, 5.41) is 3.68. The van der Waals surface area contributed by atoms with Gasteiger partial charge < -0.3 is 15.0 Å². The highest BCUT2D eigenvalue weighted by molar-refractivity contribution is 7.99. The van der Waals surface area contributed by atoms with Crippen LogP contribution in [-0.4, -0.2) is 40.9 Å². The first-order valence-corrected chi connectivity index (χ1v) is 7.76. The van der Waals surface area contributed by atoms with Crippen molar-refractivity contribution >= 4 is 28.7 Å². The minimum atomic E-state index is 0.0194. The molecule has 106 valence electrons. The van der Waals surface area contributed by atoms with Gasteiger partial charge in [0.15, 0.2) is 5.16 Å². The molecule has 1 aromatic carbocycles. The number of benzene rings is 1. The van der Waals surface area contributed by atoms with E-state index in [0.29, 0.717) is 12.3 Å². The second-order valence-electron chi connectivity index (χ2n) is 4.79. The summed E-state index contributed by atoms with van der Waals surface area (Å²) in [6.45, 7) is 1.42. The van der Waals surface area contributed by atoms with Gasteiger partial charge in [0.25, 0.3) is 0 Å². The van der Waals surface area contributed by atoms with Crippen LogP contribution in [0.4, 0.5) is 0 Å². The summed E-state index contributed by atoms with van der Waals surface area (Å²) < 4.78 is 5.47. The van der Waals surface area contributed by atoms with Gasteiger partial charge in [0.1, 0.15) is 0 Å². The molecule has 5 nitrogen and oxygen atoms in total. The summed E-state index contributed by atoms with van der Waals surface area (Å²) in [5.41, 5.74) is 1.92. The topological polar surface area (TPSA) is 67.0 Å². The zero-order chi connectivity index (χ0) is 13.8. The highest BCUT2D eigenvalue weighted by Crippen LogP contribution is 2.18. The van der Waals surface area contributed by atoms with Gasteiger partial charge in [-0.25, -0.2) is 4.98 Å². The van der Waals surface area contributed by atoms with E-state index in [1.807, 2.05) is 24.3 Å².